The molecule has 0 unspecified atom stereocenters. The predicted octanol–water partition coefficient (Wildman–Crippen LogP) is 2.47. The minimum Gasteiger partial charge on any atom is -0.364 e. The van der Waals surface area contributed by atoms with Gasteiger partial charge in [0.05, 0.1) is 16.2 Å². The number of nitrogens with one attached hydrogen (secondary N) is 1. The summed E-state index contributed by atoms with van der Waals surface area (Å²) in [7, 11) is 0. The van der Waals surface area contributed by atoms with E-state index in [0.717, 1.165) is 4.88 Å². The molecule has 20 heavy (non-hydrogen) atoms. The number of halogens is 1. The van der Waals surface area contributed by atoms with Crippen LogP contribution in [0.25, 0.3) is 0 Å². The van der Waals surface area contributed by atoms with Crippen molar-refractivity contribution in [1.29, 1.82) is 0 Å². The molecule has 0 aliphatic rings. The molecule has 0 aliphatic carbocycles. The first kappa shape index (κ1) is 14.5. The molecule has 2 heterocycles. The Morgan fingerprint density at radius 2 is 2.10 bits per heavy atom. The summed E-state index contributed by atoms with van der Waals surface area (Å²) in [6.45, 7) is 0. The molecule has 3 N–H and O–H groups in total. The van der Waals surface area contributed by atoms with Gasteiger partial charge in [-0.3, -0.25) is 9.59 Å². The molecule has 2 aromatic heterocycles. The highest BCUT2D eigenvalue weighted by molar-refractivity contribution is 7.16. The Morgan fingerprint density at radius 3 is 2.65 bits per heavy atom. The van der Waals surface area contributed by atoms with Gasteiger partial charge in [-0.15, -0.1) is 11.3 Å². The van der Waals surface area contributed by atoms with Crippen LogP contribution < -0.4 is 11.1 Å². The summed E-state index contributed by atoms with van der Waals surface area (Å²) in [6.07, 6.45) is 2.39. The van der Waals surface area contributed by atoms with Crippen molar-refractivity contribution < 1.29 is 9.59 Å². The molecule has 0 saturated heterocycles. The van der Waals surface area contributed by atoms with Crippen molar-refractivity contribution in [2.45, 2.75) is 12.8 Å². The van der Waals surface area contributed by atoms with Gasteiger partial charge in [-0.05, 0) is 30.7 Å². The van der Waals surface area contributed by atoms with Crippen molar-refractivity contribution in [3.63, 3.8) is 0 Å². The number of nitrogens with zero attached hydrogens (tertiary/aromatic N) is 1. The van der Waals surface area contributed by atoms with Gasteiger partial charge in [0.15, 0.2) is 0 Å². The van der Waals surface area contributed by atoms with Gasteiger partial charge < -0.3 is 11.1 Å². The van der Waals surface area contributed by atoms with E-state index in [1.165, 1.54) is 23.6 Å². The quantitative estimate of drug-likeness (QED) is 0.889. The summed E-state index contributed by atoms with van der Waals surface area (Å²) >= 11 is 7.28. The smallest absolute Gasteiger partial charge is 0.267 e. The summed E-state index contributed by atoms with van der Waals surface area (Å²) in [4.78, 5) is 27.5. The number of hydrogen-bond donors (Lipinski definition) is 2. The van der Waals surface area contributed by atoms with E-state index in [1.54, 1.807) is 6.07 Å². The van der Waals surface area contributed by atoms with Crippen LogP contribution in [-0.4, -0.2) is 16.8 Å². The molecule has 0 spiro atoms. The summed E-state index contributed by atoms with van der Waals surface area (Å²) in [5, 5.41) is 2.70. The second kappa shape index (κ2) is 6.49. The van der Waals surface area contributed by atoms with Crippen molar-refractivity contribution in [1.82, 2.24) is 4.98 Å². The second-order valence-electron chi connectivity index (χ2n) is 4.05. The Labute approximate surface area is 124 Å². The van der Waals surface area contributed by atoms with Crippen LogP contribution in [-0.2, 0) is 11.2 Å². The third-order valence-corrected chi connectivity index (χ3v) is 3.82. The number of carbonyl (C=O) groups is 2. The van der Waals surface area contributed by atoms with E-state index in [4.69, 9.17) is 17.3 Å². The Balaban J connectivity index is 1.86. The fourth-order valence-corrected chi connectivity index (χ4v) is 2.65. The Bertz CT molecular complexity index is 625. The van der Waals surface area contributed by atoms with Crippen molar-refractivity contribution in [2.24, 2.45) is 5.73 Å². The molecule has 0 fully saturated rings. The van der Waals surface area contributed by atoms with Gasteiger partial charge in [0.1, 0.15) is 5.69 Å². The molecule has 2 rings (SSSR count). The molecule has 0 atom stereocenters. The van der Waals surface area contributed by atoms with Crippen LogP contribution in [0.2, 0.25) is 4.34 Å². The van der Waals surface area contributed by atoms with Crippen molar-refractivity contribution in [2.75, 3.05) is 5.32 Å². The first-order valence-electron chi connectivity index (χ1n) is 5.84. The van der Waals surface area contributed by atoms with E-state index in [0.29, 0.717) is 22.9 Å². The monoisotopic (exact) mass is 309 g/mol. The number of primary amides is 1. The predicted molar refractivity (Wildman–Crippen MR) is 79.0 cm³/mol. The van der Waals surface area contributed by atoms with Crippen LogP contribution in [0.1, 0.15) is 21.8 Å². The third-order valence-electron chi connectivity index (χ3n) is 2.53. The highest BCUT2D eigenvalue weighted by Crippen LogP contribution is 2.22. The zero-order valence-corrected chi connectivity index (χ0v) is 12.0. The molecule has 0 bridgehead atoms. The van der Waals surface area contributed by atoms with Gasteiger partial charge >= 0.3 is 0 Å². The number of thiophene rings is 1. The molecule has 2 aromatic rings. The van der Waals surface area contributed by atoms with Gasteiger partial charge in [0, 0.05) is 11.3 Å². The minimum atomic E-state index is -0.600. The van der Waals surface area contributed by atoms with Gasteiger partial charge in [-0.2, -0.15) is 0 Å². The number of aryl methyl sites for hydroxylation is 1. The van der Waals surface area contributed by atoms with E-state index in [1.807, 2.05) is 12.1 Å². The van der Waals surface area contributed by atoms with Gasteiger partial charge in [-0.25, -0.2) is 4.98 Å². The van der Waals surface area contributed by atoms with E-state index in [2.05, 4.69) is 10.3 Å². The molecular formula is C13H12ClN3O2S. The number of nitrogens with two attached hydrogens (primary N) is 1. The highest BCUT2D eigenvalue weighted by atomic mass is 35.5. The number of amides is 2. The average Bonchev–Trinajstić information content (AvgIpc) is 2.83. The molecule has 0 radical (unpaired) electrons. The molecular weight excluding hydrogens is 298 g/mol. The van der Waals surface area contributed by atoms with Crippen LogP contribution in [0.15, 0.2) is 30.5 Å². The van der Waals surface area contributed by atoms with Crippen LogP contribution in [0.5, 0.6) is 0 Å². The SMILES string of the molecule is NC(=O)c1ccc(NC(=O)CCc2ccc(Cl)s2)cn1. The third kappa shape index (κ3) is 4.04. The normalized spacial score (nSPS) is 10.2. The summed E-state index contributed by atoms with van der Waals surface area (Å²) in [5.74, 6) is -0.722. The Hall–Kier alpha value is -1.92. The first-order chi connectivity index (χ1) is 9.54. The van der Waals surface area contributed by atoms with E-state index >= 15 is 0 Å². The number of rotatable bonds is 5. The highest BCUT2D eigenvalue weighted by Gasteiger charge is 2.06. The van der Waals surface area contributed by atoms with Crippen LogP contribution in [0, 0.1) is 0 Å². The minimum absolute atomic E-state index is 0.122. The van der Waals surface area contributed by atoms with E-state index in [-0.39, 0.29) is 11.6 Å². The zero-order valence-electron chi connectivity index (χ0n) is 10.4. The molecule has 0 saturated carbocycles. The molecule has 104 valence electrons. The number of carbonyl (C=O) groups excluding carboxylic acids is 2. The van der Waals surface area contributed by atoms with Crippen LogP contribution in [0.4, 0.5) is 5.69 Å². The standard InChI is InChI=1S/C13H12ClN3O2S/c14-11-5-2-9(20-11)3-6-12(18)17-8-1-4-10(13(15)19)16-7-8/h1-2,4-5,7H,3,6H2,(H2,15,19)(H,17,18). The van der Waals surface area contributed by atoms with Crippen molar-refractivity contribution in [3.05, 3.63) is 45.4 Å². The van der Waals surface area contributed by atoms with E-state index < -0.39 is 5.91 Å². The first-order valence-corrected chi connectivity index (χ1v) is 7.04. The number of anilines is 1. The van der Waals surface area contributed by atoms with Crippen LogP contribution in [0.3, 0.4) is 0 Å². The molecule has 7 heteroatoms. The summed E-state index contributed by atoms with van der Waals surface area (Å²) in [6, 6.07) is 6.78. The van der Waals surface area contributed by atoms with Gasteiger partial charge in [0.2, 0.25) is 5.91 Å². The Kier molecular flexibility index (Phi) is 4.70. The largest absolute Gasteiger partial charge is 0.364 e. The maximum atomic E-state index is 11.8. The van der Waals surface area contributed by atoms with Gasteiger partial charge in [-0.1, -0.05) is 11.6 Å². The lowest BCUT2D eigenvalue weighted by Gasteiger charge is -2.04. The summed E-state index contributed by atoms with van der Waals surface area (Å²) in [5.41, 5.74) is 5.78. The molecule has 0 aliphatic heterocycles. The topological polar surface area (TPSA) is 85.1 Å². The lowest BCUT2D eigenvalue weighted by atomic mass is 10.2. The van der Waals surface area contributed by atoms with Crippen molar-refractivity contribution in [3.8, 4) is 0 Å². The summed E-state index contributed by atoms with van der Waals surface area (Å²) < 4.78 is 0.714. The average molecular weight is 310 g/mol. The van der Waals surface area contributed by atoms with Crippen molar-refractivity contribution >= 4 is 40.4 Å². The maximum absolute atomic E-state index is 11.8. The van der Waals surface area contributed by atoms with Crippen LogP contribution >= 0.6 is 22.9 Å². The molecule has 0 aromatic carbocycles. The van der Waals surface area contributed by atoms with E-state index in [9.17, 15) is 9.59 Å². The number of hydrogen-bond acceptors (Lipinski definition) is 4. The fraction of sp³-hybridized carbons (Fsp3) is 0.154. The Morgan fingerprint density at radius 1 is 1.30 bits per heavy atom. The lowest BCUT2D eigenvalue weighted by molar-refractivity contribution is -0.116. The maximum Gasteiger partial charge on any atom is 0.267 e. The molecule has 5 nitrogen and oxygen atoms in total. The lowest BCUT2D eigenvalue weighted by Crippen LogP contribution is -2.15. The number of aromatic nitrogens is 1. The fourth-order valence-electron chi connectivity index (χ4n) is 1.56. The molecule has 2 amide bonds. The second-order valence-corrected chi connectivity index (χ2v) is 5.85. The zero-order chi connectivity index (χ0) is 14.5. The van der Waals surface area contributed by atoms with Gasteiger partial charge in [0.25, 0.3) is 5.91 Å². The number of pyridine rings is 1.